The van der Waals surface area contributed by atoms with Crippen molar-refractivity contribution in [3.05, 3.63) is 40.6 Å². The second-order valence-corrected chi connectivity index (χ2v) is 4.01. The van der Waals surface area contributed by atoms with Crippen molar-refractivity contribution in [3.63, 3.8) is 0 Å². The lowest BCUT2D eigenvalue weighted by molar-refractivity contribution is -0.137. The van der Waals surface area contributed by atoms with Crippen molar-refractivity contribution in [2.24, 2.45) is 0 Å². The molecule has 9 heteroatoms. The number of hydrogen-bond acceptors (Lipinski definition) is 4. The standard InChI is InChI=1S/C11H6F3N5O/c12-11(13,14)6-1-5(2-15-3-6)8-17-9-7(4-16-19-9)10(20)18-8/h1-4H,(H2,16,17,18,19,20). The van der Waals surface area contributed by atoms with Crippen molar-refractivity contribution in [1.29, 1.82) is 0 Å². The highest BCUT2D eigenvalue weighted by Gasteiger charge is 2.31. The van der Waals surface area contributed by atoms with Crippen molar-refractivity contribution < 1.29 is 13.2 Å². The van der Waals surface area contributed by atoms with E-state index in [9.17, 15) is 18.0 Å². The molecule has 3 aromatic rings. The van der Waals surface area contributed by atoms with Gasteiger partial charge in [-0.3, -0.25) is 14.9 Å². The maximum absolute atomic E-state index is 12.6. The first-order chi connectivity index (χ1) is 9.45. The number of rotatable bonds is 1. The minimum atomic E-state index is -4.51. The van der Waals surface area contributed by atoms with Crippen LogP contribution in [0.2, 0.25) is 0 Å². The molecule has 0 saturated carbocycles. The van der Waals surface area contributed by atoms with Gasteiger partial charge in [-0.05, 0) is 6.07 Å². The molecule has 3 aromatic heterocycles. The number of aromatic amines is 2. The predicted octanol–water partition coefficient (Wildman–Crippen LogP) is 1.73. The van der Waals surface area contributed by atoms with Crippen LogP contribution in [0.3, 0.4) is 0 Å². The zero-order chi connectivity index (χ0) is 14.3. The Morgan fingerprint density at radius 3 is 2.70 bits per heavy atom. The van der Waals surface area contributed by atoms with E-state index in [0.29, 0.717) is 6.20 Å². The van der Waals surface area contributed by atoms with Gasteiger partial charge in [0.05, 0.1) is 11.8 Å². The number of pyridine rings is 1. The van der Waals surface area contributed by atoms with E-state index in [0.717, 1.165) is 6.07 Å². The smallest absolute Gasteiger partial charge is 0.306 e. The van der Waals surface area contributed by atoms with Crippen LogP contribution in [0.4, 0.5) is 13.2 Å². The average Bonchev–Trinajstić information content (AvgIpc) is 2.87. The molecule has 3 rings (SSSR count). The van der Waals surface area contributed by atoms with E-state index < -0.39 is 17.3 Å². The summed E-state index contributed by atoms with van der Waals surface area (Å²) in [7, 11) is 0. The van der Waals surface area contributed by atoms with Gasteiger partial charge in [0, 0.05) is 18.0 Å². The van der Waals surface area contributed by atoms with Gasteiger partial charge in [0.1, 0.15) is 11.2 Å². The summed E-state index contributed by atoms with van der Waals surface area (Å²) in [6, 6.07) is 0.869. The maximum Gasteiger partial charge on any atom is 0.417 e. The molecule has 3 heterocycles. The van der Waals surface area contributed by atoms with Gasteiger partial charge < -0.3 is 4.98 Å². The van der Waals surface area contributed by atoms with Gasteiger partial charge in [-0.1, -0.05) is 0 Å². The number of fused-ring (bicyclic) bond motifs is 1. The van der Waals surface area contributed by atoms with Crippen LogP contribution in [0, 0.1) is 0 Å². The third-order valence-electron chi connectivity index (χ3n) is 2.66. The Hall–Kier alpha value is -2.71. The third-order valence-corrected chi connectivity index (χ3v) is 2.66. The van der Waals surface area contributed by atoms with Crippen LogP contribution in [0.15, 0.2) is 29.5 Å². The fraction of sp³-hybridized carbons (Fsp3) is 0.0909. The predicted molar refractivity (Wildman–Crippen MR) is 62.7 cm³/mol. The fourth-order valence-electron chi connectivity index (χ4n) is 1.71. The summed E-state index contributed by atoms with van der Waals surface area (Å²) in [5, 5.41) is 6.37. The maximum atomic E-state index is 12.6. The molecular weight excluding hydrogens is 275 g/mol. The molecule has 0 amide bonds. The van der Waals surface area contributed by atoms with Gasteiger partial charge in [-0.25, -0.2) is 4.98 Å². The largest absolute Gasteiger partial charge is 0.417 e. The third kappa shape index (κ3) is 2.02. The van der Waals surface area contributed by atoms with E-state index in [1.54, 1.807) is 0 Å². The highest BCUT2D eigenvalue weighted by atomic mass is 19.4. The van der Waals surface area contributed by atoms with Crippen molar-refractivity contribution in [2.45, 2.75) is 6.18 Å². The van der Waals surface area contributed by atoms with Crippen molar-refractivity contribution >= 4 is 11.0 Å². The molecule has 0 saturated heterocycles. The Kier molecular flexibility index (Phi) is 2.56. The molecule has 0 bridgehead atoms. The lowest BCUT2D eigenvalue weighted by atomic mass is 10.2. The molecule has 0 unspecified atom stereocenters. The number of alkyl halides is 3. The first-order valence-electron chi connectivity index (χ1n) is 5.41. The fourth-order valence-corrected chi connectivity index (χ4v) is 1.71. The number of aromatic nitrogens is 5. The number of nitrogens with one attached hydrogen (secondary N) is 2. The minimum Gasteiger partial charge on any atom is -0.306 e. The molecule has 6 nitrogen and oxygen atoms in total. The van der Waals surface area contributed by atoms with E-state index in [2.05, 4.69) is 25.1 Å². The molecule has 0 aromatic carbocycles. The van der Waals surface area contributed by atoms with Gasteiger partial charge in [0.2, 0.25) is 0 Å². The van der Waals surface area contributed by atoms with Crippen LogP contribution >= 0.6 is 0 Å². The van der Waals surface area contributed by atoms with E-state index in [4.69, 9.17) is 0 Å². The first kappa shape index (κ1) is 12.3. The van der Waals surface area contributed by atoms with Crippen LogP contribution < -0.4 is 5.56 Å². The summed E-state index contributed by atoms with van der Waals surface area (Å²) in [4.78, 5) is 21.6. The van der Waals surface area contributed by atoms with E-state index in [-0.39, 0.29) is 22.4 Å². The van der Waals surface area contributed by atoms with Crippen molar-refractivity contribution in [1.82, 2.24) is 25.1 Å². The Balaban J connectivity index is 2.18. The molecule has 0 aliphatic heterocycles. The zero-order valence-electron chi connectivity index (χ0n) is 9.69. The van der Waals surface area contributed by atoms with Crippen LogP contribution in [-0.4, -0.2) is 25.1 Å². The molecule has 0 fully saturated rings. The normalized spacial score (nSPS) is 11.9. The Bertz CT molecular complexity index is 836. The van der Waals surface area contributed by atoms with Gasteiger partial charge in [-0.15, -0.1) is 0 Å². The monoisotopic (exact) mass is 281 g/mol. The molecule has 0 spiro atoms. The van der Waals surface area contributed by atoms with Crippen LogP contribution in [0.5, 0.6) is 0 Å². The molecule has 0 aliphatic carbocycles. The van der Waals surface area contributed by atoms with E-state index in [1.165, 1.54) is 12.4 Å². The number of nitrogens with zero attached hydrogens (tertiary/aromatic N) is 3. The van der Waals surface area contributed by atoms with E-state index in [1.807, 2.05) is 0 Å². The van der Waals surface area contributed by atoms with Crippen molar-refractivity contribution in [2.75, 3.05) is 0 Å². The topological polar surface area (TPSA) is 87.3 Å². The summed E-state index contributed by atoms with van der Waals surface area (Å²) >= 11 is 0. The lowest BCUT2D eigenvalue weighted by Crippen LogP contribution is -2.10. The van der Waals surface area contributed by atoms with Crippen molar-refractivity contribution in [3.8, 4) is 11.4 Å². The van der Waals surface area contributed by atoms with Crippen LogP contribution in [0.1, 0.15) is 5.56 Å². The molecule has 2 N–H and O–H groups in total. The van der Waals surface area contributed by atoms with E-state index >= 15 is 0 Å². The van der Waals surface area contributed by atoms with Gasteiger partial charge in [0.15, 0.2) is 5.65 Å². The average molecular weight is 281 g/mol. The summed E-state index contributed by atoms with van der Waals surface area (Å²) in [6.07, 6.45) is -1.33. The minimum absolute atomic E-state index is 0.00894. The summed E-state index contributed by atoms with van der Waals surface area (Å²) in [5.41, 5.74) is -1.15. The molecule has 0 radical (unpaired) electrons. The van der Waals surface area contributed by atoms with Gasteiger partial charge in [-0.2, -0.15) is 18.3 Å². The SMILES string of the molecule is O=c1[nH]c(-c2cncc(C(F)(F)F)c2)nc2[nH]ncc12. The molecule has 102 valence electrons. The second-order valence-electron chi connectivity index (χ2n) is 4.01. The lowest BCUT2D eigenvalue weighted by Gasteiger charge is -2.07. The quantitative estimate of drug-likeness (QED) is 0.711. The summed E-state index contributed by atoms with van der Waals surface area (Å²) in [5.74, 6) is -0.00894. The zero-order valence-corrected chi connectivity index (χ0v) is 9.69. The second kappa shape index (κ2) is 4.15. The number of hydrogen-bond donors (Lipinski definition) is 2. The number of halogens is 3. The number of H-pyrrole nitrogens is 2. The van der Waals surface area contributed by atoms with Gasteiger partial charge in [0.25, 0.3) is 5.56 Å². The summed E-state index contributed by atoms with van der Waals surface area (Å²) < 4.78 is 37.9. The summed E-state index contributed by atoms with van der Waals surface area (Å²) in [6.45, 7) is 0. The molecular formula is C11H6F3N5O. The van der Waals surface area contributed by atoms with Crippen LogP contribution in [-0.2, 0) is 6.18 Å². The Labute approximate surface area is 108 Å². The Morgan fingerprint density at radius 1 is 1.15 bits per heavy atom. The highest BCUT2D eigenvalue weighted by Crippen LogP contribution is 2.30. The molecule has 0 aliphatic rings. The molecule has 0 atom stereocenters. The van der Waals surface area contributed by atoms with Crippen LogP contribution in [0.25, 0.3) is 22.4 Å². The molecule has 20 heavy (non-hydrogen) atoms. The highest BCUT2D eigenvalue weighted by molar-refractivity contribution is 5.74. The van der Waals surface area contributed by atoms with Gasteiger partial charge >= 0.3 is 6.18 Å². The first-order valence-corrected chi connectivity index (χ1v) is 5.41. The Morgan fingerprint density at radius 2 is 1.95 bits per heavy atom.